The van der Waals surface area contributed by atoms with Crippen LogP contribution >= 0.6 is 0 Å². The van der Waals surface area contributed by atoms with E-state index in [0.717, 1.165) is 6.07 Å². The lowest BCUT2D eigenvalue weighted by Crippen LogP contribution is -2.07. The molecule has 0 aliphatic carbocycles. The van der Waals surface area contributed by atoms with Gasteiger partial charge in [-0.25, -0.2) is 8.78 Å². The average Bonchev–Trinajstić information content (AvgIpc) is 2.18. The molecule has 0 radical (unpaired) electrons. The van der Waals surface area contributed by atoms with Gasteiger partial charge in [0.25, 0.3) is 0 Å². The fourth-order valence-corrected chi connectivity index (χ4v) is 1.67. The number of hydrogen-bond donors (Lipinski definition) is 1. The van der Waals surface area contributed by atoms with E-state index in [1.165, 1.54) is 0 Å². The number of rotatable bonds is 4. The third kappa shape index (κ3) is 2.75. The van der Waals surface area contributed by atoms with E-state index in [2.05, 4.69) is 0 Å². The van der Waals surface area contributed by atoms with Crippen LogP contribution in [0.25, 0.3) is 0 Å². The van der Waals surface area contributed by atoms with Crippen molar-refractivity contribution in [2.24, 2.45) is 5.73 Å². The van der Waals surface area contributed by atoms with Crippen molar-refractivity contribution < 1.29 is 8.78 Å². The fraction of sp³-hybridized carbons (Fsp3) is 0.500. The number of nitrogens with two attached hydrogens (primary N) is 1. The zero-order valence-corrected chi connectivity index (χ0v) is 9.19. The van der Waals surface area contributed by atoms with Gasteiger partial charge in [0, 0.05) is 6.07 Å². The predicted octanol–water partition coefficient (Wildman–Crippen LogP) is 2.98. The van der Waals surface area contributed by atoms with E-state index in [9.17, 15) is 8.78 Å². The molecule has 0 saturated carbocycles. The molecule has 0 aliphatic heterocycles. The first kappa shape index (κ1) is 12.1. The Balaban J connectivity index is 3.06. The summed E-state index contributed by atoms with van der Waals surface area (Å²) in [5.74, 6) is -0.884. The molecule has 0 bridgehead atoms. The van der Waals surface area contributed by atoms with Crippen molar-refractivity contribution in [1.82, 2.24) is 0 Å². The van der Waals surface area contributed by atoms with Gasteiger partial charge in [0.2, 0.25) is 0 Å². The molecule has 0 aliphatic rings. The van der Waals surface area contributed by atoms with E-state index < -0.39 is 11.6 Å². The summed E-state index contributed by atoms with van der Waals surface area (Å²) >= 11 is 0. The molecule has 1 unspecified atom stereocenters. The largest absolute Gasteiger partial charge is 0.330 e. The minimum absolute atomic E-state index is 0.0425. The molecule has 15 heavy (non-hydrogen) atoms. The third-order valence-corrected chi connectivity index (χ3v) is 2.68. The zero-order chi connectivity index (χ0) is 11.4. The van der Waals surface area contributed by atoms with Crippen molar-refractivity contribution >= 4 is 0 Å². The quantitative estimate of drug-likeness (QED) is 0.817. The summed E-state index contributed by atoms with van der Waals surface area (Å²) in [6, 6.07) is 2.59. The zero-order valence-electron chi connectivity index (χ0n) is 9.19. The van der Waals surface area contributed by atoms with Crippen molar-refractivity contribution in [3.8, 4) is 0 Å². The monoisotopic (exact) mass is 213 g/mol. The van der Waals surface area contributed by atoms with Gasteiger partial charge in [0.1, 0.15) is 11.6 Å². The normalized spacial score (nSPS) is 12.9. The Kier molecular flexibility index (Phi) is 4.21. The minimum atomic E-state index is -0.467. The van der Waals surface area contributed by atoms with E-state index in [0.29, 0.717) is 30.5 Å². The molecule has 0 aromatic heterocycles. The van der Waals surface area contributed by atoms with Crippen LogP contribution in [-0.4, -0.2) is 6.54 Å². The lowest BCUT2D eigenvalue weighted by molar-refractivity contribution is 0.545. The Morgan fingerprint density at radius 3 is 2.47 bits per heavy atom. The second kappa shape index (κ2) is 5.21. The Morgan fingerprint density at radius 1 is 1.27 bits per heavy atom. The van der Waals surface area contributed by atoms with Crippen LogP contribution in [0.2, 0.25) is 0 Å². The summed E-state index contributed by atoms with van der Waals surface area (Å²) in [5, 5.41) is 0. The van der Waals surface area contributed by atoms with Crippen LogP contribution in [0.3, 0.4) is 0 Å². The average molecular weight is 213 g/mol. The highest BCUT2D eigenvalue weighted by atomic mass is 19.1. The van der Waals surface area contributed by atoms with Crippen molar-refractivity contribution in [3.63, 3.8) is 0 Å². The van der Waals surface area contributed by atoms with Gasteiger partial charge in [-0.15, -0.1) is 0 Å². The second-order valence-corrected chi connectivity index (χ2v) is 3.80. The second-order valence-electron chi connectivity index (χ2n) is 3.80. The standard InChI is InChI=1S/C12H17F2N/c1-3-9-6-10(8(2)4-5-15)12(14)7-11(9)13/h6-8H,3-5,15H2,1-2H3. The first-order valence-corrected chi connectivity index (χ1v) is 5.28. The maximum Gasteiger partial charge on any atom is 0.129 e. The molecule has 0 saturated heterocycles. The molecule has 2 N–H and O–H groups in total. The summed E-state index contributed by atoms with van der Waals surface area (Å²) in [6.45, 7) is 4.27. The minimum Gasteiger partial charge on any atom is -0.330 e. The lowest BCUT2D eigenvalue weighted by Gasteiger charge is -2.13. The molecule has 1 aromatic carbocycles. The van der Waals surface area contributed by atoms with Crippen molar-refractivity contribution in [2.45, 2.75) is 32.6 Å². The van der Waals surface area contributed by atoms with E-state index in [-0.39, 0.29) is 5.92 Å². The fourth-order valence-electron chi connectivity index (χ4n) is 1.67. The molecule has 1 atom stereocenters. The molecule has 1 aromatic rings. The Morgan fingerprint density at radius 2 is 1.93 bits per heavy atom. The highest BCUT2D eigenvalue weighted by molar-refractivity contribution is 5.29. The summed E-state index contributed by atoms with van der Waals surface area (Å²) in [5.41, 5.74) is 6.55. The molecule has 1 nitrogen and oxygen atoms in total. The van der Waals surface area contributed by atoms with E-state index in [1.807, 2.05) is 13.8 Å². The van der Waals surface area contributed by atoms with Gasteiger partial charge in [-0.1, -0.05) is 13.8 Å². The van der Waals surface area contributed by atoms with Gasteiger partial charge in [-0.3, -0.25) is 0 Å². The number of hydrogen-bond acceptors (Lipinski definition) is 1. The summed E-state index contributed by atoms with van der Waals surface area (Å²) < 4.78 is 26.7. The summed E-state index contributed by atoms with van der Waals surface area (Å²) in [6.07, 6.45) is 1.29. The van der Waals surface area contributed by atoms with Crippen LogP contribution in [-0.2, 0) is 6.42 Å². The first-order valence-electron chi connectivity index (χ1n) is 5.28. The van der Waals surface area contributed by atoms with Crippen LogP contribution in [0.1, 0.15) is 37.3 Å². The molecule has 84 valence electrons. The highest BCUT2D eigenvalue weighted by Crippen LogP contribution is 2.24. The van der Waals surface area contributed by atoms with Gasteiger partial charge in [-0.2, -0.15) is 0 Å². The van der Waals surface area contributed by atoms with Gasteiger partial charge in [0.05, 0.1) is 0 Å². The van der Waals surface area contributed by atoms with Crippen molar-refractivity contribution in [3.05, 3.63) is 34.9 Å². The Labute approximate surface area is 89.3 Å². The smallest absolute Gasteiger partial charge is 0.129 e. The molecular formula is C12H17F2N. The van der Waals surface area contributed by atoms with Crippen molar-refractivity contribution in [1.29, 1.82) is 0 Å². The molecule has 0 amide bonds. The molecule has 0 fully saturated rings. The maximum absolute atomic E-state index is 13.5. The maximum atomic E-state index is 13.5. The van der Waals surface area contributed by atoms with Gasteiger partial charge in [0.15, 0.2) is 0 Å². The Hall–Kier alpha value is -0.960. The van der Waals surface area contributed by atoms with Crippen LogP contribution in [0.15, 0.2) is 12.1 Å². The van der Waals surface area contributed by atoms with E-state index in [4.69, 9.17) is 5.73 Å². The van der Waals surface area contributed by atoms with E-state index >= 15 is 0 Å². The number of benzene rings is 1. The van der Waals surface area contributed by atoms with Gasteiger partial charge < -0.3 is 5.73 Å². The topological polar surface area (TPSA) is 26.0 Å². The molecular weight excluding hydrogens is 196 g/mol. The lowest BCUT2D eigenvalue weighted by atomic mass is 9.94. The van der Waals surface area contributed by atoms with Crippen LogP contribution < -0.4 is 5.73 Å². The molecule has 1 rings (SSSR count). The van der Waals surface area contributed by atoms with Crippen LogP contribution in [0.5, 0.6) is 0 Å². The highest BCUT2D eigenvalue weighted by Gasteiger charge is 2.13. The van der Waals surface area contributed by atoms with Crippen LogP contribution in [0.4, 0.5) is 8.78 Å². The first-order chi connectivity index (χ1) is 7.10. The van der Waals surface area contributed by atoms with E-state index in [1.54, 1.807) is 6.07 Å². The number of aryl methyl sites for hydroxylation is 1. The van der Waals surface area contributed by atoms with Crippen molar-refractivity contribution in [2.75, 3.05) is 6.54 Å². The van der Waals surface area contributed by atoms with Gasteiger partial charge >= 0.3 is 0 Å². The number of halogens is 2. The molecule has 0 heterocycles. The summed E-state index contributed by atoms with van der Waals surface area (Å²) in [4.78, 5) is 0. The predicted molar refractivity (Wildman–Crippen MR) is 57.8 cm³/mol. The third-order valence-electron chi connectivity index (χ3n) is 2.68. The van der Waals surface area contributed by atoms with Gasteiger partial charge in [-0.05, 0) is 42.5 Å². The molecule has 3 heteroatoms. The van der Waals surface area contributed by atoms with Crippen LogP contribution in [0, 0.1) is 11.6 Å². The molecule has 0 spiro atoms. The summed E-state index contributed by atoms with van der Waals surface area (Å²) in [7, 11) is 0. The Bertz CT molecular complexity index is 337. The SMILES string of the molecule is CCc1cc(C(C)CCN)c(F)cc1F.